The predicted octanol–water partition coefficient (Wildman–Crippen LogP) is 4.55. The maximum Gasteiger partial charge on any atom is 0.407 e. The maximum absolute atomic E-state index is 11.8. The van der Waals surface area contributed by atoms with Crippen molar-refractivity contribution in [2.45, 2.75) is 86.0 Å². The molecule has 0 aliphatic carbocycles. The van der Waals surface area contributed by atoms with E-state index in [0.29, 0.717) is 19.7 Å². The lowest BCUT2D eigenvalue weighted by Crippen LogP contribution is -2.34. The van der Waals surface area contributed by atoms with Crippen LogP contribution in [-0.2, 0) is 29.7 Å². The topological polar surface area (TPSA) is 78.3 Å². The summed E-state index contributed by atoms with van der Waals surface area (Å²) in [5.41, 5.74) is 4.06. The van der Waals surface area contributed by atoms with Gasteiger partial charge in [0.05, 0.1) is 18.4 Å². The van der Waals surface area contributed by atoms with Crippen molar-refractivity contribution in [1.29, 1.82) is 0 Å². The van der Waals surface area contributed by atoms with Gasteiger partial charge in [-0.15, -0.1) is 5.10 Å². The van der Waals surface area contributed by atoms with Crippen LogP contribution in [0.2, 0.25) is 0 Å². The number of rotatable bonds is 7. The molecule has 0 bridgehead atoms. The van der Waals surface area contributed by atoms with Crippen LogP contribution in [0.5, 0.6) is 5.75 Å². The van der Waals surface area contributed by atoms with Crippen LogP contribution in [0.1, 0.15) is 70.9 Å². The fraction of sp³-hybridized carbons (Fsp3) is 0.609. The van der Waals surface area contributed by atoms with Crippen LogP contribution in [0.15, 0.2) is 18.3 Å². The van der Waals surface area contributed by atoms with Crippen LogP contribution < -0.4 is 10.1 Å². The first kappa shape index (κ1) is 23.7. The molecular weight excluding hydrogens is 380 g/mol. The molecular formula is C23H36N4O3. The average Bonchev–Trinajstić information content (AvgIpc) is 3.05. The zero-order chi connectivity index (χ0) is 22.5. The quantitative estimate of drug-likeness (QED) is 0.716. The van der Waals surface area contributed by atoms with Gasteiger partial charge in [-0.05, 0) is 56.2 Å². The summed E-state index contributed by atoms with van der Waals surface area (Å²) in [5, 5.41) is 10.8. The highest BCUT2D eigenvalue weighted by molar-refractivity contribution is 5.67. The third kappa shape index (κ3) is 6.75. The molecule has 1 aromatic heterocycles. The standard InChI is InChI=1S/C23H36N4O3/c1-9-17-13-18(22(3,4)5)12-16(2)20(17)29-15-19-14-25-26-27(19)11-10-24-21(28)30-23(6,7)8/h12-14H,9-11,15H2,1-8H3,(H,24,28). The van der Waals surface area contributed by atoms with Crippen molar-refractivity contribution in [3.05, 3.63) is 40.7 Å². The summed E-state index contributed by atoms with van der Waals surface area (Å²) >= 11 is 0. The van der Waals surface area contributed by atoms with E-state index in [2.05, 4.69) is 62.4 Å². The Labute approximate surface area is 180 Å². The van der Waals surface area contributed by atoms with Crippen molar-refractivity contribution in [2.75, 3.05) is 6.54 Å². The van der Waals surface area contributed by atoms with Crippen molar-refractivity contribution in [1.82, 2.24) is 20.3 Å². The van der Waals surface area contributed by atoms with Crippen LogP contribution in [0.25, 0.3) is 0 Å². The van der Waals surface area contributed by atoms with E-state index in [4.69, 9.17) is 9.47 Å². The van der Waals surface area contributed by atoms with Gasteiger partial charge in [0.1, 0.15) is 18.0 Å². The van der Waals surface area contributed by atoms with Crippen molar-refractivity contribution in [2.24, 2.45) is 0 Å². The molecule has 0 radical (unpaired) electrons. The molecule has 0 unspecified atom stereocenters. The fourth-order valence-corrected chi connectivity index (χ4v) is 3.05. The van der Waals surface area contributed by atoms with E-state index in [9.17, 15) is 4.79 Å². The van der Waals surface area contributed by atoms with Gasteiger partial charge in [0, 0.05) is 6.54 Å². The molecule has 1 amide bonds. The number of amides is 1. The van der Waals surface area contributed by atoms with Gasteiger partial charge in [0.15, 0.2) is 0 Å². The lowest BCUT2D eigenvalue weighted by Gasteiger charge is -2.23. The Balaban J connectivity index is 2.01. The number of aryl methyl sites for hydroxylation is 2. The molecule has 2 aromatic rings. The first-order chi connectivity index (χ1) is 13.9. The van der Waals surface area contributed by atoms with Crippen molar-refractivity contribution in [3.63, 3.8) is 0 Å². The lowest BCUT2D eigenvalue weighted by molar-refractivity contribution is 0.0525. The van der Waals surface area contributed by atoms with E-state index < -0.39 is 11.7 Å². The molecule has 0 saturated heterocycles. The first-order valence-corrected chi connectivity index (χ1v) is 10.5. The molecule has 1 N–H and O–H groups in total. The maximum atomic E-state index is 11.8. The summed E-state index contributed by atoms with van der Waals surface area (Å²) < 4.78 is 13.2. The lowest BCUT2D eigenvalue weighted by atomic mass is 9.84. The van der Waals surface area contributed by atoms with E-state index >= 15 is 0 Å². The number of carbonyl (C=O) groups is 1. The highest BCUT2D eigenvalue weighted by atomic mass is 16.6. The van der Waals surface area contributed by atoms with Crippen LogP contribution in [-0.4, -0.2) is 33.2 Å². The highest BCUT2D eigenvalue weighted by Gasteiger charge is 2.19. The minimum Gasteiger partial charge on any atom is -0.487 e. The highest BCUT2D eigenvalue weighted by Crippen LogP contribution is 2.32. The number of alkyl carbamates (subject to hydrolysis) is 1. The number of hydrogen-bond acceptors (Lipinski definition) is 5. The van der Waals surface area contributed by atoms with Crippen LogP contribution in [0, 0.1) is 6.92 Å². The fourth-order valence-electron chi connectivity index (χ4n) is 3.05. The van der Waals surface area contributed by atoms with Crippen molar-refractivity contribution >= 4 is 6.09 Å². The predicted molar refractivity (Wildman–Crippen MR) is 118 cm³/mol. The molecule has 2 rings (SSSR count). The minimum absolute atomic E-state index is 0.0941. The molecule has 166 valence electrons. The normalized spacial score (nSPS) is 12.0. The monoisotopic (exact) mass is 416 g/mol. The molecule has 7 nitrogen and oxygen atoms in total. The Bertz CT molecular complexity index is 860. The number of benzene rings is 1. The second-order valence-corrected chi connectivity index (χ2v) is 9.55. The third-order valence-electron chi connectivity index (χ3n) is 4.65. The van der Waals surface area contributed by atoms with Gasteiger partial charge >= 0.3 is 6.09 Å². The van der Waals surface area contributed by atoms with Gasteiger partial charge < -0.3 is 14.8 Å². The van der Waals surface area contributed by atoms with E-state index in [1.165, 1.54) is 11.1 Å². The van der Waals surface area contributed by atoms with E-state index in [1.807, 2.05) is 20.8 Å². The summed E-state index contributed by atoms with van der Waals surface area (Å²) in [4.78, 5) is 11.8. The van der Waals surface area contributed by atoms with Gasteiger partial charge in [-0.3, -0.25) is 0 Å². The number of aromatic nitrogens is 3. The Morgan fingerprint density at radius 2 is 1.87 bits per heavy atom. The number of nitrogens with one attached hydrogen (secondary N) is 1. The van der Waals surface area contributed by atoms with E-state index in [-0.39, 0.29) is 5.41 Å². The van der Waals surface area contributed by atoms with Crippen LogP contribution >= 0.6 is 0 Å². The van der Waals surface area contributed by atoms with Gasteiger partial charge in [0.2, 0.25) is 0 Å². The van der Waals surface area contributed by atoms with Gasteiger partial charge in [0.25, 0.3) is 0 Å². The number of nitrogens with zero attached hydrogens (tertiary/aromatic N) is 3. The van der Waals surface area contributed by atoms with Gasteiger partial charge in [-0.1, -0.05) is 45.0 Å². The SMILES string of the molecule is CCc1cc(C(C)(C)C)cc(C)c1OCc1cnnn1CCNC(=O)OC(C)(C)C. The average molecular weight is 417 g/mol. The van der Waals surface area contributed by atoms with E-state index in [1.54, 1.807) is 10.9 Å². The Hall–Kier alpha value is -2.57. The minimum atomic E-state index is -0.520. The molecule has 0 saturated carbocycles. The molecule has 30 heavy (non-hydrogen) atoms. The Morgan fingerprint density at radius 1 is 1.17 bits per heavy atom. The summed E-state index contributed by atoms with van der Waals surface area (Å²) in [7, 11) is 0. The summed E-state index contributed by atoms with van der Waals surface area (Å²) in [5.74, 6) is 0.921. The van der Waals surface area contributed by atoms with Crippen LogP contribution in [0.4, 0.5) is 4.79 Å². The molecule has 0 aliphatic rings. The second-order valence-electron chi connectivity index (χ2n) is 9.55. The molecule has 0 aliphatic heterocycles. The molecule has 1 heterocycles. The molecule has 0 atom stereocenters. The summed E-state index contributed by atoms with van der Waals surface area (Å²) in [6, 6.07) is 4.44. The smallest absolute Gasteiger partial charge is 0.407 e. The first-order valence-electron chi connectivity index (χ1n) is 10.5. The van der Waals surface area contributed by atoms with Crippen molar-refractivity contribution in [3.8, 4) is 5.75 Å². The Morgan fingerprint density at radius 3 is 2.47 bits per heavy atom. The van der Waals surface area contributed by atoms with Gasteiger partial charge in [-0.2, -0.15) is 0 Å². The molecule has 7 heteroatoms. The third-order valence-corrected chi connectivity index (χ3v) is 4.65. The largest absolute Gasteiger partial charge is 0.487 e. The molecule has 0 spiro atoms. The second kappa shape index (κ2) is 9.49. The number of carbonyl (C=O) groups excluding carboxylic acids is 1. The zero-order valence-electron chi connectivity index (χ0n) is 19.6. The summed E-state index contributed by atoms with van der Waals surface area (Å²) in [6.45, 7) is 17.6. The number of hydrogen-bond donors (Lipinski definition) is 1. The molecule has 0 fully saturated rings. The zero-order valence-corrected chi connectivity index (χ0v) is 19.6. The summed E-state index contributed by atoms with van der Waals surface area (Å²) in [6.07, 6.45) is 2.15. The molecule has 1 aromatic carbocycles. The van der Waals surface area contributed by atoms with Crippen LogP contribution in [0.3, 0.4) is 0 Å². The van der Waals surface area contributed by atoms with Gasteiger partial charge in [-0.25, -0.2) is 9.48 Å². The Kier molecular flexibility index (Phi) is 7.50. The number of ether oxygens (including phenoxy) is 2. The van der Waals surface area contributed by atoms with Crippen molar-refractivity contribution < 1.29 is 14.3 Å². The van der Waals surface area contributed by atoms with E-state index in [0.717, 1.165) is 23.4 Å².